The molecule has 1 aromatic heterocycles. The maximum absolute atomic E-state index is 12.1. The number of aromatic nitrogens is 3. The molecular weight excluding hydrogens is 282 g/mol. The van der Waals surface area contributed by atoms with E-state index in [2.05, 4.69) is 20.5 Å². The van der Waals surface area contributed by atoms with Crippen molar-refractivity contribution in [3.8, 4) is 0 Å². The molecule has 1 fully saturated rings. The quantitative estimate of drug-likeness (QED) is 0.807. The zero-order valence-electron chi connectivity index (χ0n) is 11.4. The first-order valence-electron chi connectivity index (χ1n) is 6.67. The molecule has 0 aliphatic carbocycles. The Morgan fingerprint density at radius 1 is 1.60 bits per heavy atom. The Bertz CT molecular complexity index is 542. The number of nitrogens with zero attached hydrogens (tertiary/aromatic N) is 3. The summed E-state index contributed by atoms with van der Waals surface area (Å²) in [6.07, 6.45) is 3.25. The van der Waals surface area contributed by atoms with Crippen LogP contribution < -0.4 is 5.32 Å². The highest BCUT2D eigenvalue weighted by Gasteiger charge is 2.32. The lowest BCUT2D eigenvalue weighted by molar-refractivity contribution is -0.120. The molecule has 20 heavy (non-hydrogen) atoms. The van der Waals surface area contributed by atoms with Crippen LogP contribution in [0.4, 0.5) is 5.95 Å². The van der Waals surface area contributed by atoms with E-state index >= 15 is 0 Å². The topological polar surface area (TPSA) is 108 Å². The van der Waals surface area contributed by atoms with Gasteiger partial charge < -0.3 is 0 Å². The van der Waals surface area contributed by atoms with Crippen LogP contribution in [-0.2, 0) is 14.8 Å². The highest BCUT2D eigenvalue weighted by atomic mass is 32.2. The van der Waals surface area contributed by atoms with Gasteiger partial charge >= 0.3 is 0 Å². The van der Waals surface area contributed by atoms with Crippen molar-refractivity contribution in [3.05, 3.63) is 6.33 Å². The molecule has 0 bridgehead atoms. The molecule has 1 aromatic rings. The zero-order chi connectivity index (χ0) is 14.6. The van der Waals surface area contributed by atoms with Gasteiger partial charge in [0.2, 0.25) is 21.9 Å². The van der Waals surface area contributed by atoms with Crippen molar-refractivity contribution in [3.63, 3.8) is 0 Å². The number of amides is 1. The van der Waals surface area contributed by atoms with Crippen LogP contribution in [0.25, 0.3) is 0 Å². The number of H-pyrrole nitrogens is 1. The lowest BCUT2D eigenvalue weighted by atomic mass is 9.99. The highest BCUT2D eigenvalue weighted by Crippen LogP contribution is 2.20. The first-order valence-corrected chi connectivity index (χ1v) is 8.28. The number of anilines is 1. The fourth-order valence-corrected chi connectivity index (χ4v) is 3.87. The molecule has 0 unspecified atom stereocenters. The van der Waals surface area contributed by atoms with E-state index in [4.69, 9.17) is 0 Å². The fourth-order valence-electron chi connectivity index (χ4n) is 2.28. The second-order valence-corrected chi connectivity index (χ2v) is 6.92. The second kappa shape index (κ2) is 6.31. The van der Waals surface area contributed by atoms with Crippen LogP contribution in [0, 0.1) is 5.92 Å². The van der Waals surface area contributed by atoms with Gasteiger partial charge in [0.1, 0.15) is 6.33 Å². The number of hydrogen-bond donors (Lipinski definition) is 2. The molecule has 0 saturated carbocycles. The molecule has 2 heterocycles. The molecule has 2 rings (SSSR count). The Morgan fingerprint density at radius 3 is 3.05 bits per heavy atom. The molecule has 9 heteroatoms. The maximum Gasteiger partial charge on any atom is 0.231 e. The summed E-state index contributed by atoms with van der Waals surface area (Å²) in [7, 11) is -3.24. The van der Waals surface area contributed by atoms with E-state index in [1.807, 2.05) is 6.92 Å². The summed E-state index contributed by atoms with van der Waals surface area (Å²) in [6.45, 7) is 2.56. The summed E-state index contributed by atoms with van der Waals surface area (Å²) in [5, 5.41) is 8.79. The average Bonchev–Trinajstić information content (AvgIpc) is 2.92. The summed E-state index contributed by atoms with van der Waals surface area (Å²) in [5.41, 5.74) is 0. The van der Waals surface area contributed by atoms with Crippen LogP contribution in [0.5, 0.6) is 0 Å². The van der Waals surface area contributed by atoms with Gasteiger partial charge in [-0.2, -0.15) is 10.1 Å². The van der Waals surface area contributed by atoms with Gasteiger partial charge in [-0.25, -0.2) is 17.8 Å². The molecule has 1 aliphatic rings. The van der Waals surface area contributed by atoms with Crippen molar-refractivity contribution in [1.82, 2.24) is 19.5 Å². The Balaban J connectivity index is 1.98. The predicted molar refractivity (Wildman–Crippen MR) is 73.4 cm³/mol. The number of piperidine rings is 1. The zero-order valence-corrected chi connectivity index (χ0v) is 12.2. The first-order chi connectivity index (χ1) is 9.53. The monoisotopic (exact) mass is 301 g/mol. The SMILES string of the molecule is CCCS(=O)(=O)N1CCC[C@@H](C(=O)Nc2ncn[nH]2)C1. The highest BCUT2D eigenvalue weighted by molar-refractivity contribution is 7.89. The molecule has 1 atom stereocenters. The van der Waals surface area contributed by atoms with Gasteiger partial charge in [0, 0.05) is 13.1 Å². The molecule has 1 aliphatic heterocycles. The number of nitrogens with one attached hydrogen (secondary N) is 2. The number of carbonyl (C=O) groups is 1. The normalized spacial score (nSPS) is 20.8. The number of sulfonamides is 1. The number of aromatic amines is 1. The van der Waals surface area contributed by atoms with Gasteiger partial charge in [-0.1, -0.05) is 6.92 Å². The minimum atomic E-state index is -3.24. The predicted octanol–water partition coefficient (Wildman–Crippen LogP) is 0.195. The third kappa shape index (κ3) is 3.54. The molecule has 1 amide bonds. The summed E-state index contributed by atoms with van der Waals surface area (Å²) < 4.78 is 25.5. The van der Waals surface area contributed by atoms with Crippen molar-refractivity contribution in [2.45, 2.75) is 26.2 Å². The van der Waals surface area contributed by atoms with Crippen LogP contribution in [0.3, 0.4) is 0 Å². The van der Waals surface area contributed by atoms with Gasteiger partial charge in [0.15, 0.2) is 0 Å². The van der Waals surface area contributed by atoms with E-state index in [1.165, 1.54) is 10.6 Å². The van der Waals surface area contributed by atoms with Gasteiger partial charge in [-0.3, -0.25) is 10.1 Å². The molecule has 8 nitrogen and oxygen atoms in total. The molecule has 0 aromatic carbocycles. The van der Waals surface area contributed by atoms with Gasteiger partial charge in [0.05, 0.1) is 11.7 Å². The number of carbonyl (C=O) groups excluding carboxylic acids is 1. The number of rotatable bonds is 5. The van der Waals surface area contributed by atoms with E-state index < -0.39 is 10.0 Å². The van der Waals surface area contributed by atoms with Crippen LogP contribution >= 0.6 is 0 Å². The van der Waals surface area contributed by atoms with Gasteiger partial charge in [-0.15, -0.1) is 0 Å². The minimum Gasteiger partial charge on any atom is -0.295 e. The Morgan fingerprint density at radius 2 is 2.40 bits per heavy atom. The Labute approximate surface area is 118 Å². The standard InChI is InChI=1S/C11H19N5O3S/c1-2-6-20(18,19)16-5-3-4-9(7-16)10(17)14-11-12-8-13-15-11/h8-9H,2-7H2,1H3,(H2,12,13,14,15,17)/t9-/m1/s1. The smallest absolute Gasteiger partial charge is 0.231 e. The lowest BCUT2D eigenvalue weighted by Crippen LogP contribution is -2.44. The summed E-state index contributed by atoms with van der Waals surface area (Å²) in [6, 6.07) is 0. The average molecular weight is 301 g/mol. The molecular formula is C11H19N5O3S. The van der Waals surface area contributed by atoms with Crippen molar-refractivity contribution in [2.75, 3.05) is 24.2 Å². The van der Waals surface area contributed by atoms with E-state index in [0.717, 1.165) is 0 Å². The molecule has 112 valence electrons. The van der Waals surface area contributed by atoms with Gasteiger partial charge in [0.25, 0.3) is 0 Å². The third-order valence-corrected chi connectivity index (χ3v) is 5.31. The van der Waals surface area contributed by atoms with E-state index in [0.29, 0.717) is 25.8 Å². The van der Waals surface area contributed by atoms with Crippen molar-refractivity contribution in [2.24, 2.45) is 5.92 Å². The maximum atomic E-state index is 12.1. The van der Waals surface area contributed by atoms with Crippen molar-refractivity contribution in [1.29, 1.82) is 0 Å². The van der Waals surface area contributed by atoms with Crippen LogP contribution in [-0.4, -0.2) is 52.7 Å². The molecule has 0 radical (unpaired) electrons. The van der Waals surface area contributed by atoms with Crippen LogP contribution in [0.15, 0.2) is 6.33 Å². The Hall–Kier alpha value is -1.48. The first kappa shape index (κ1) is 14.9. The minimum absolute atomic E-state index is 0.128. The second-order valence-electron chi connectivity index (χ2n) is 4.84. The van der Waals surface area contributed by atoms with E-state index in [9.17, 15) is 13.2 Å². The van der Waals surface area contributed by atoms with Crippen molar-refractivity contribution < 1.29 is 13.2 Å². The summed E-state index contributed by atoms with van der Waals surface area (Å²) >= 11 is 0. The van der Waals surface area contributed by atoms with E-state index in [1.54, 1.807) is 0 Å². The fraction of sp³-hybridized carbons (Fsp3) is 0.727. The molecule has 2 N–H and O–H groups in total. The molecule has 0 spiro atoms. The number of hydrogen-bond acceptors (Lipinski definition) is 5. The van der Waals surface area contributed by atoms with E-state index in [-0.39, 0.29) is 30.1 Å². The largest absolute Gasteiger partial charge is 0.295 e. The van der Waals surface area contributed by atoms with Crippen molar-refractivity contribution >= 4 is 21.9 Å². The van der Waals surface area contributed by atoms with Crippen LogP contribution in [0.1, 0.15) is 26.2 Å². The lowest BCUT2D eigenvalue weighted by Gasteiger charge is -2.30. The van der Waals surface area contributed by atoms with Gasteiger partial charge in [-0.05, 0) is 19.3 Å². The third-order valence-electron chi connectivity index (χ3n) is 3.27. The molecule has 1 saturated heterocycles. The summed E-state index contributed by atoms with van der Waals surface area (Å²) in [5.74, 6) is -0.161. The van der Waals surface area contributed by atoms with Crippen LogP contribution in [0.2, 0.25) is 0 Å². The Kier molecular flexibility index (Phi) is 4.71. The summed E-state index contributed by atoms with van der Waals surface area (Å²) in [4.78, 5) is 15.9.